The maximum absolute atomic E-state index is 11.6. The Hall–Kier alpha value is -1.31. The molecule has 0 aliphatic carbocycles. The highest BCUT2D eigenvalue weighted by atomic mass is 79.9. The van der Waals surface area contributed by atoms with Gasteiger partial charge in [0.25, 0.3) is 0 Å². The summed E-state index contributed by atoms with van der Waals surface area (Å²) in [5.41, 5.74) is 0.427. The van der Waals surface area contributed by atoms with Crippen molar-refractivity contribution >= 4 is 45.2 Å². The summed E-state index contributed by atoms with van der Waals surface area (Å²) in [6.45, 7) is 1.28. The van der Waals surface area contributed by atoms with E-state index in [1.807, 2.05) is 0 Å². The van der Waals surface area contributed by atoms with Gasteiger partial charge in [0.15, 0.2) is 6.04 Å². The molecule has 0 saturated carbocycles. The van der Waals surface area contributed by atoms with Crippen LogP contribution in [-0.2, 0) is 4.79 Å². The second kappa shape index (κ2) is 6.74. The molecule has 0 aliphatic heterocycles. The zero-order valence-corrected chi connectivity index (χ0v) is 12.2. The summed E-state index contributed by atoms with van der Waals surface area (Å²) in [6, 6.07) is 2.60. The van der Waals surface area contributed by atoms with Crippen molar-refractivity contribution in [3.8, 4) is 0 Å². The van der Waals surface area contributed by atoms with Crippen LogP contribution >= 0.6 is 27.5 Å². The Balaban J connectivity index is 2.72. The molecule has 2 amide bonds. The van der Waals surface area contributed by atoms with Crippen LogP contribution in [-0.4, -0.2) is 34.4 Å². The summed E-state index contributed by atoms with van der Waals surface area (Å²) < 4.78 is 0.555. The molecule has 0 bridgehead atoms. The summed E-state index contributed by atoms with van der Waals surface area (Å²) in [6.07, 6.45) is -1.21. The molecule has 2 atom stereocenters. The molecule has 0 radical (unpaired) electrons. The Kier molecular flexibility index (Phi) is 5.59. The van der Waals surface area contributed by atoms with Crippen molar-refractivity contribution < 1.29 is 19.8 Å². The number of aliphatic hydroxyl groups is 1. The molecule has 0 aromatic heterocycles. The SMILES string of the molecule is CC(O)C(NC(=O)Nc1ccc(Cl)cc1Br)C(=O)O. The lowest BCUT2D eigenvalue weighted by atomic mass is 10.2. The number of aliphatic carboxylic acids is 1. The van der Waals surface area contributed by atoms with E-state index in [2.05, 4.69) is 26.6 Å². The Morgan fingerprint density at radius 2 is 2.05 bits per heavy atom. The fourth-order valence-electron chi connectivity index (χ4n) is 1.28. The predicted molar refractivity (Wildman–Crippen MR) is 74.4 cm³/mol. The number of halogens is 2. The number of carbonyl (C=O) groups is 2. The van der Waals surface area contributed by atoms with Crippen LogP contribution in [0.2, 0.25) is 5.02 Å². The van der Waals surface area contributed by atoms with E-state index < -0.39 is 24.1 Å². The minimum atomic E-state index is -1.38. The molecule has 8 heteroatoms. The van der Waals surface area contributed by atoms with E-state index in [0.717, 1.165) is 0 Å². The van der Waals surface area contributed by atoms with Crippen LogP contribution in [0, 0.1) is 0 Å². The minimum Gasteiger partial charge on any atom is -0.480 e. The number of anilines is 1. The van der Waals surface area contributed by atoms with E-state index >= 15 is 0 Å². The molecule has 1 rings (SSSR count). The van der Waals surface area contributed by atoms with Gasteiger partial charge in [-0.3, -0.25) is 0 Å². The first-order valence-corrected chi connectivity index (χ1v) is 6.42. The average Bonchev–Trinajstić information content (AvgIpc) is 2.29. The molecule has 0 spiro atoms. The van der Waals surface area contributed by atoms with Crippen molar-refractivity contribution in [2.75, 3.05) is 5.32 Å². The highest BCUT2D eigenvalue weighted by Crippen LogP contribution is 2.25. The molecule has 19 heavy (non-hydrogen) atoms. The average molecular weight is 352 g/mol. The highest BCUT2D eigenvalue weighted by Gasteiger charge is 2.25. The van der Waals surface area contributed by atoms with Crippen molar-refractivity contribution in [2.45, 2.75) is 19.1 Å². The zero-order valence-electron chi connectivity index (χ0n) is 9.85. The van der Waals surface area contributed by atoms with E-state index in [1.54, 1.807) is 18.2 Å². The molecular formula is C11H12BrClN2O4. The van der Waals surface area contributed by atoms with Crippen molar-refractivity contribution in [3.05, 3.63) is 27.7 Å². The first-order chi connectivity index (χ1) is 8.81. The van der Waals surface area contributed by atoms with Gasteiger partial charge in [-0.25, -0.2) is 9.59 Å². The summed E-state index contributed by atoms with van der Waals surface area (Å²) in [5, 5.41) is 23.2. The van der Waals surface area contributed by atoms with Crippen LogP contribution in [0.5, 0.6) is 0 Å². The third kappa shape index (κ3) is 4.70. The van der Waals surface area contributed by atoms with Crippen molar-refractivity contribution in [3.63, 3.8) is 0 Å². The van der Waals surface area contributed by atoms with Crippen LogP contribution in [0.15, 0.2) is 22.7 Å². The largest absolute Gasteiger partial charge is 0.480 e. The summed E-state index contributed by atoms with van der Waals surface area (Å²) in [7, 11) is 0. The van der Waals surface area contributed by atoms with Gasteiger partial charge in [0.05, 0.1) is 11.8 Å². The predicted octanol–water partition coefficient (Wildman–Crippen LogP) is 2.06. The monoisotopic (exact) mass is 350 g/mol. The van der Waals surface area contributed by atoms with Crippen LogP contribution in [0.25, 0.3) is 0 Å². The Labute approximate surface area is 122 Å². The molecule has 6 nitrogen and oxygen atoms in total. The quantitative estimate of drug-likeness (QED) is 0.667. The Morgan fingerprint density at radius 1 is 1.42 bits per heavy atom. The molecule has 0 saturated heterocycles. The van der Waals surface area contributed by atoms with E-state index in [9.17, 15) is 14.7 Å². The number of urea groups is 1. The molecule has 0 fully saturated rings. The second-order valence-corrected chi connectivity index (χ2v) is 5.07. The van der Waals surface area contributed by atoms with Gasteiger partial charge in [0.1, 0.15) is 0 Å². The molecule has 0 aliphatic rings. The number of nitrogens with one attached hydrogen (secondary N) is 2. The molecule has 4 N–H and O–H groups in total. The van der Waals surface area contributed by atoms with Gasteiger partial charge in [-0.2, -0.15) is 0 Å². The number of hydrogen-bond donors (Lipinski definition) is 4. The van der Waals surface area contributed by atoms with Gasteiger partial charge < -0.3 is 20.8 Å². The number of rotatable bonds is 4. The summed E-state index contributed by atoms with van der Waals surface area (Å²) in [5.74, 6) is -1.32. The molecular weight excluding hydrogens is 339 g/mol. The lowest BCUT2D eigenvalue weighted by Crippen LogP contribution is -2.49. The van der Waals surface area contributed by atoms with Crippen LogP contribution in [0.3, 0.4) is 0 Å². The van der Waals surface area contributed by atoms with E-state index in [4.69, 9.17) is 16.7 Å². The lowest BCUT2D eigenvalue weighted by molar-refractivity contribution is -0.141. The minimum absolute atomic E-state index is 0.427. The number of carboxylic acid groups (broad SMARTS) is 1. The number of carboxylic acids is 1. The topological polar surface area (TPSA) is 98.7 Å². The highest BCUT2D eigenvalue weighted by molar-refractivity contribution is 9.10. The van der Waals surface area contributed by atoms with Crippen LogP contribution in [0.1, 0.15) is 6.92 Å². The van der Waals surface area contributed by atoms with Crippen LogP contribution < -0.4 is 10.6 Å². The Morgan fingerprint density at radius 3 is 2.53 bits per heavy atom. The first-order valence-electron chi connectivity index (χ1n) is 5.24. The fourth-order valence-corrected chi connectivity index (χ4v) is 2.06. The molecule has 104 valence electrons. The standard InChI is InChI=1S/C11H12BrClN2O4/c1-5(16)9(10(17)18)15-11(19)14-8-3-2-6(13)4-7(8)12/h2-5,9,16H,1H3,(H,17,18)(H2,14,15,19). The normalized spacial score (nSPS) is 13.5. The number of carbonyl (C=O) groups excluding carboxylic acids is 1. The van der Waals surface area contributed by atoms with Gasteiger partial charge in [0, 0.05) is 9.50 Å². The van der Waals surface area contributed by atoms with Crippen molar-refractivity contribution in [2.24, 2.45) is 0 Å². The van der Waals surface area contributed by atoms with Gasteiger partial charge in [-0.15, -0.1) is 0 Å². The summed E-state index contributed by atoms with van der Waals surface area (Å²) in [4.78, 5) is 22.4. The lowest BCUT2D eigenvalue weighted by Gasteiger charge is -2.17. The maximum atomic E-state index is 11.6. The molecule has 2 unspecified atom stereocenters. The van der Waals surface area contributed by atoms with E-state index in [0.29, 0.717) is 15.2 Å². The number of benzene rings is 1. The number of amides is 2. The maximum Gasteiger partial charge on any atom is 0.328 e. The van der Waals surface area contributed by atoms with Crippen molar-refractivity contribution in [1.29, 1.82) is 0 Å². The molecule has 1 aromatic carbocycles. The third-order valence-electron chi connectivity index (χ3n) is 2.21. The zero-order chi connectivity index (χ0) is 14.6. The van der Waals surface area contributed by atoms with E-state index in [-0.39, 0.29) is 0 Å². The Bertz CT molecular complexity index is 496. The van der Waals surface area contributed by atoms with Gasteiger partial charge in [-0.1, -0.05) is 11.6 Å². The third-order valence-corrected chi connectivity index (χ3v) is 3.11. The number of aliphatic hydroxyl groups excluding tert-OH is 1. The first kappa shape index (κ1) is 15.7. The van der Waals surface area contributed by atoms with Gasteiger partial charge in [-0.05, 0) is 41.1 Å². The van der Waals surface area contributed by atoms with E-state index in [1.165, 1.54) is 6.92 Å². The van der Waals surface area contributed by atoms with Crippen molar-refractivity contribution in [1.82, 2.24) is 5.32 Å². The fraction of sp³-hybridized carbons (Fsp3) is 0.273. The van der Waals surface area contributed by atoms with Gasteiger partial charge >= 0.3 is 12.0 Å². The number of hydrogen-bond acceptors (Lipinski definition) is 3. The molecule has 0 heterocycles. The summed E-state index contributed by atoms with van der Waals surface area (Å²) >= 11 is 8.96. The molecule has 1 aromatic rings. The smallest absolute Gasteiger partial charge is 0.328 e. The second-order valence-electron chi connectivity index (χ2n) is 3.78. The van der Waals surface area contributed by atoms with Crippen LogP contribution in [0.4, 0.5) is 10.5 Å². The van der Waals surface area contributed by atoms with Gasteiger partial charge in [0.2, 0.25) is 0 Å².